The molecule has 206 valence electrons. The number of benzene rings is 1. The number of hydrogen-bond acceptors (Lipinski definition) is 7. The molecule has 0 radical (unpaired) electrons. The average molecular weight is 544 g/mol. The van der Waals surface area contributed by atoms with Gasteiger partial charge in [-0.15, -0.1) is 0 Å². The highest BCUT2D eigenvalue weighted by Crippen LogP contribution is 2.39. The summed E-state index contributed by atoms with van der Waals surface area (Å²) >= 11 is 0. The number of amides is 5. The quantitative estimate of drug-likeness (QED) is 0.168. The third kappa shape index (κ3) is 11.4. The molecule has 7 N–H and O–H groups in total. The number of rotatable bonds is 12. The SMILES string of the molecule is C[C@H](NC(=O)OCc1ccccc1)C(=O)N[C@@H](C)C(=O)N[C@@H](C)C(=O)N[C@@H](C)C(=O)N[C@@H](C)P(=O)(O)O. The summed E-state index contributed by atoms with van der Waals surface area (Å²) < 4.78 is 16.2. The van der Waals surface area contributed by atoms with Gasteiger partial charge in [-0.25, -0.2) is 4.79 Å². The van der Waals surface area contributed by atoms with Crippen molar-refractivity contribution in [2.75, 3.05) is 0 Å². The zero-order valence-corrected chi connectivity index (χ0v) is 22.1. The molecule has 1 aromatic rings. The topological polar surface area (TPSA) is 212 Å². The summed E-state index contributed by atoms with van der Waals surface area (Å²) in [6, 6.07) is 4.59. The summed E-state index contributed by atoms with van der Waals surface area (Å²) in [5.41, 5.74) is 0.768. The second-order valence-electron chi connectivity index (χ2n) is 8.39. The molecule has 0 aliphatic heterocycles. The van der Waals surface area contributed by atoms with Crippen molar-refractivity contribution >= 4 is 37.3 Å². The number of hydrogen-bond donors (Lipinski definition) is 7. The lowest BCUT2D eigenvalue weighted by atomic mass is 10.2. The van der Waals surface area contributed by atoms with E-state index in [4.69, 9.17) is 14.5 Å². The van der Waals surface area contributed by atoms with Gasteiger partial charge in [-0.2, -0.15) is 0 Å². The molecule has 0 aliphatic carbocycles. The van der Waals surface area contributed by atoms with Gasteiger partial charge in [0.05, 0.1) is 0 Å². The first-order valence-corrected chi connectivity index (χ1v) is 13.0. The molecule has 5 atom stereocenters. The number of carbonyl (C=O) groups is 5. The van der Waals surface area contributed by atoms with E-state index in [1.54, 1.807) is 24.3 Å². The largest absolute Gasteiger partial charge is 0.445 e. The summed E-state index contributed by atoms with van der Waals surface area (Å²) in [6.07, 6.45) is -0.817. The predicted molar refractivity (Wildman–Crippen MR) is 132 cm³/mol. The van der Waals surface area contributed by atoms with Crippen LogP contribution < -0.4 is 26.6 Å². The lowest BCUT2D eigenvalue weighted by molar-refractivity contribution is -0.133. The number of alkyl carbamates (subject to hydrolysis) is 1. The minimum atomic E-state index is -4.54. The predicted octanol–water partition coefficient (Wildman–Crippen LogP) is -0.545. The van der Waals surface area contributed by atoms with Gasteiger partial charge in [-0.3, -0.25) is 23.7 Å². The van der Waals surface area contributed by atoms with Crippen LogP contribution in [0.1, 0.15) is 40.2 Å². The Morgan fingerprint density at radius 1 is 0.703 bits per heavy atom. The molecule has 37 heavy (non-hydrogen) atoms. The Bertz CT molecular complexity index is 1020. The maximum atomic E-state index is 12.4. The van der Waals surface area contributed by atoms with Crippen LogP contribution in [0.3, 0.4) is 0 Å². The first kappa shape index (κ1) is 31.5. The molecule has 0 aliphatic rings. The van der Waals surface area contributed by atoms with Gasteiger partial charge in [0, 0.05) is 0 Å². The molecule has 0 unspecified atom stereocenters. The molecule has 0 spiro atoms. The first-order valence-electron chi connectivity index (χ1n) is 11.4. The Labute approximate surface area is 214 Å². The van der Waals surface area contributed by atoms with Gasteiger partial charge in [-0.05, 0) is 40.2 Å². The average Bonchev–Trinajstić information content (AvgIpc) is 2.82. The van der Waals surface area contributed by atoms with Crippen molar-refractivity contribution in [3.05, 3.63) is 35.9 Å². The molecular formula is C22H34N5O9P. The third-order valence-corrected chi connectivity index (χ3v) is 6.19. The Hall–Kier alpha value is -3.48. The van der Waals surface area contributed by atoms with E-state index < -0.39 is 67.3 Å². The van der Waals surface area contributed by atoms with Crippen LogP contribution >= 0.6 is 7.60 Å². The van der Waals surface area contributed by atoms with Gasteiger partial charge in [-0.1, -0.05) is 30.3 Å². The van der Waals surface area contributed by atoms with Crippen molar-refractivity contribution in [1.82, 2.24) is 26.6 Å². The summed E-state index contributed by atoms with van der Waals surface area (Å²) in [6.45, 7) is 6.56. The molecule has 0 heterocycles. The van der Waals surface area contributed by atoms with E-state index in [1.165, 1.54) is 27.7 Å². The highest BCUT2D eigenvalue weighted by Gasteiger charge is 2.29. The van der Waals surface area contributed by atoms with E-state index in [0.29, 0.717) is 0 Å². The zero-order chi connectivity index (χ0) is 28.3. The van der Waals surface area contributed by atoms with Crippen LogP contribution in [0, 0.1) is 0 Å². The Morgan fingerprint density at radius 3 is 1.49 bits per heavy atom. The summed E-state index contributed by atoms with van der Waals surface area (Å²) in [5, 5.41) is 11.5. The second-order valence-corrected chi connectivity index (χ2v) is 10.3. The lowest BCUT2D eigenvalue weighted by Gasteiger charge is -2.22. The molecule has 0 bridgehead atoms. The molecular weight excluding hydrogens is 509 g/mol. The molecule has 1 rings (SSSR count). The Morgan fingerprint density at radius 2 is 1.08 bits per heavy atom. The van der Waals surface area contributed by atoms with Crippen LogP contribution in [0.4, 0.5) is 4.79 Å². The fourth-order valence-electron chi connectivity index (χ4n) is 2.63. The molecule has 0 saturated carbocycles. The molecule has 0 saturated heterocycles. The van der Waals surface area contributed by atoms with E-state index in [1.807, 2.05) is 6.07 Å². The van der Waals surface area contributed by atoms with Gasteiger partial charge < -0.3 is 41.1 Å². The van der Waals surface area contributed by atoms with Crippen molar-refractivity contribution in [1.29, 1.82) is 0 Å². The van der Waals surface area contributed by atoms with E-state index in [0.717, 1.165) is 12.5 Å². The van der Waals surface area contributed by atoms with E-state index in [-0.39, 0.29) is 6.61 Å². The maximum absolute atomic E-state index is 12.4. The second kappa shape index (κ2) is 14.3. The number of nitrogens with one attached hydrogen (secondary N) is 5. The molecule has 15 heteroatoms. The van der Waals surface area contributed by atoms with Gasteiger partial charge in [0.25, 0.3) is 0 Å². The Balaban J connectivity index is 2.47. The zero-order valence-electron chi connectivity index (χ0n) is 21.2. The van der Waals surface area contributed by atoms with Crippen molar-refractivity contribution in [3.63, 3.8) is 0 Å². The molecule has 5 amide bonds. The van der Waals surface area contributed by atoms with Gasteiger partial charge in [0.2, 0.25) is 23.6 Å². The summed E-state index contributed by atoms with van der Waals surface area (Å²) in [7, 11) is -4.54. The van der Waals surface area contributed by atoms with Crippen molar-refractivity contribution in [3.8, 4) is 0 Å². The summed E-state index contributed by atoms with van der Waals surface area (Å²) in [5.74, 6) is -4.38. The third-order valence-electron chi connectivity index (χ3n) is 5.05. The molecule has 1 aromatic carbocycles. The fraction of sp³-hybridized carbons (Fsp3) is 0.500. The maximum Gasteiger partial charge on any atom is 0.408 e. The fourth-order valence-corrected chi connectivity index (χ4v) is 2.93. The van der Waals surface area contributed by atoms with Crippen LogP contribution in [0.15, 0.2) is 30.3 Å². The van der Waals surface area contributed by atoms with Crippen molar-refractivity contribution in [2.24, 2.45) is 0 Å². The normalized spacial score (nSPS) is 15.1. The van der Waals surface area contributed by atoms with Crippen molar-refractivity contribution in [2.45, 2.75) is 71.2 Å². The van der Waals surface area contributed by atoms with E-state index >= 15 is 0 Å². The summed E-state index contributed by atoms with van der Waals surface area (Å²) in [4.78, 5) is 79.1. The Kier molecular flexibility index (Phi) is 12.2. The lowest BCUT2D eigenvalue weighted by Crippen LogP contribution is -2.56. The van der Waals surface area contributed by atoms with Gasteiger partial charge >= 0.3 is 13.7 Å². The van der Waals surface area contributed by atoms with Gasteiger partial charge in [0.15, 0.2) is 0 Å². The van der Waals surface area contributed by atoms with Crippen LogP contribution in [0.25, 0.3) is 0 Å². The monoisotopic (exact) mass is 543 g/mol. The van der Waals surface area contributed by atoms with Crippen LogP contribution in [0.2, 0.25) is 0 Å². The molecule has 0 fully saturated rings. The van der Waals surface area contributed by atoms with E-state index in [2.05, 4.69) is 26.6 Å². The smallest absolute Gasteiger partial charge is 0.408 e. The number of carbonyl (C=O) groups excluding carboxylic acids is 5. The van der Waals surface area contributed by atoms with Crippen molar-refractivity contribution < 1.29 is 43.1 Å². The van der Waals surface area contributed by atoms with Crippen LogP contribution in [-0.2, 0) is 35.1 Å². The minimum Gasteiger partial charge on any atom is -0.445 e. The highest BCUT2D eigenvalue weighted by molar-refractivity contribution is 7.52. The minimum absolute atomic E-state index is 0.0166. The highest BCUT2D eigenvalue weighted by atomic mass is 31.2. The first-order chi connectivity index (χ1) is 17.1. The molecule has 14 nitrogen and oxygen atoms in total. The van der Waals surface area contributed by atoms with Crippen LogP contribution in [0.5, 0.6) is 0 Å². The standard InChI is InChI=1S/C22H34N5O9P/c1-12(19(29)25-14(3)21(31)27-16(5)37(33,34)35)23-18(28)13(2)24-20(30)15(4)26-22(32)36-11-17-9-7-6-8-10-17/h6-10,12-16H,11H2,1-5H3,(H,23,28)(H,24,30)(H,25,29)(H,26,32)(H,27,31)(H2,33,34,35)/t12-,13-,14-,15-,16+/m0/s1. The number of ether oxygens (including phenoxy) is 1. The van der Waals surface area contributed by atoms with Crippen LogP contribution in [-0.4, -0.2) is 69.5 Å². The molecule has 0 aromatic heterocycles. The van der Waals surface area contributed by atoms with Gasteiger partial charge in [0.1, 0.15) is 36.6 Å². The van der Waals surface area contributed by atoms with E-state index in [9.17, 15) is 28.5 Å².